The Kier molecular flexibility index (Phi) is 4.26. The molecule has 6 nitrogen and oxygen atoms in total. The number of hydrogen-bond donors (Lipinski definition) is 2. The molecule has 0 saturated carbocycles. The third kappa shape index (κ3) is 3.00. The summed E-state index contributed by atoms with van der Waals surface area (Å²) < 4.78 is 0. The summed E-state index contributed by atoms with van der Waals surface area (Å²) in [6.07, 6.45) is 3.67. The van der Waals surface area contributed by atoms with Crippen LogP contribution in [0.2, 0.25) is 0 Å². The minimum atomic E-state index is -0.258. The molecule has 2 aliphatic rings. The standard InChI is InChI=1S/C20H24N4O2/c1-12-6-7-14(13(2)10-12)15-11-16(25)21-18-17(15)19(26)23-20(22-18)24-8-4-3-5-9-24/h6-7,10,15H,3-5,8-9,11H2,1-2H3,(H2,21,22,23,25,26). The average molecular weight is 352 g/mol. The van der Waals surface area contributed by atoms with Gasteiger partial charge in [0.1, 0.15) is 5.82 Å². The number of amides is 1. The number of fused-ring (bicyclic) bond motifs is 1. The molecule has 1 unspecified atom stereocenters. The first-order valence-corrected chi connectivity index (χ1v) is 9.29. The van der Waals surface area contributed by atoms with E-state index in [1.165, 1.54) is 12.0 Å². The van der Waals surface area contributed by atoms with Crippen molar-refractivity contribution in [2.45, 2.75) is 45.4 Å². The molecule has 1 fully saturated rings. The van der Waals surface area contributed by atoms with Crippen LogP contribution >= 0.6 is 0 Å². The fourth-order valence-corrected chi connectivity index (χ4v) is 4.10. The van der Waals surface area contributed by atoms with Gasteiger partial charge in [0, 0.05) is 25.4 Å². The van der Waals surface area contributed by atoms with Gasteiger partial charge in [0.2, 0.25) is 11.9 Å². The van der Waals surface area contributed by atoms with E-state index in [1.54, 1.807) is 0 Å². The molecule has 1 aromatic heterocycles. The van der Waals surface area contributed by atoms with Crippen molar-refractivity contribution in [3.63, 3.8) is 0 Å². The fraction of sp³-hybridized carbons (Fsp3) is 0.450. The largest absolute Gasteiger partial charge is 0.342 e. The zero-order valence-electron chi connectivity index (χ0n) is 15.3. The van der Waals surface area contributed by atoms with Crippen molar-refractivity contribution in [2.75, 3.05) is 23.3 Å². The van der Waals surface area contributed by atoms with Crippen molar-refractivity contribution in [1.82, 2.24) is 9.97 Å². The number of carbonyl (C=O) groups excluding carboxylic acids is 1. The van der Waals surface area contributed by atoms with Gasteiger partial charge in [-0.05, 0) is 44.2 Å². The van der Waals surface area contributed by atoms with Gasteiger partial charge in [0.05, 0.1) is 5.56 Å². The van der Waals surface area contributed by atoms with Gasteiger partial charge in [-0.3, -0.25) is 14.6 Å². The molecule has 136 valence electrons. The third-order valence-corrected chi connectivity index (χ3v) is 5.39. The highest BCUT2D eigenvalue weighted by atomic mass is 16.2. The summed E-state index contributed by atoms with van der Waals surface area (Å²) in [6.45, 7) is 5.84. The Morgan fingerprint density at radius 3 is 2.62 bits per heavy atom. The number of hydrogen-bond acceptors (Lipinski definition) is 4. The Bertz CT molecular complexity index is 913. The molecule has 0 bridgehead atoms. The van der Waals surface area contributed by atoms with Gasteiger partial charge in [-0.1, -0.05) is 23.8 Å². The molecule has 4 rings (SSSR count). The van der Waals surface area contributed by atoms with Crippen LogP contribution in [0.25, 0.3) is 0 Å². The number of nitrogens with one attached hydrogen (secondary N) is 2. The number of carbonyl (C=O) groups is 1. The molecule has 1 atom stereocenters. The third-order valence-electron chi connectivity index (χ3n) is 5.39. The quantitative estimate of drug-likeness (QED) is 0.871. The van der Waals surface area contributed by atoms with Crippen molar-refractivity contribution in [3.05, 3.63) is 50.8 Å². The van der Waals surface area contributed by atoms with Crippen molar-refractivity contribution < 1.29 is 4.79 Å². The van der Waals surface area contributed by atoms with Gasteiger partial charge < -0.3 is 10.2 Å². The second-order valence-corrected chi connectivity index (χ2v) is 7.36. The second kappa shape index (κ2) is 6.59. The maximum absolute atomic E-state index is 12.9. The monoisotopic (exact) mass is 352 g/mol. The summed E-state index contributed by atoms with van der Waals surface area (Å²) >= 11 is 0. The van der Waals surface area contributed by atoms with Crippen molar-refractivity contribution in [1.29, 1.82) is 0 Å². The minimum Gasteiger partial charge on any atom is -0.342 e. The van der Waals surface area contributed by atoms with Gasteiger partial charge >= 0.3 is 0 Å². The summed E-state index contributed by atoms with van der Waals surface area (Å²) in [4.78, 5) is 34.9. The SMILES string of the molecule is Cc1ccc(C2CC(=O)Nc3nc(N4CCCCC4)[nH]c(=O)c32)c(C)c1. The molecule has 3 heterocycles. The Labute approximate surface area is 152 Å². The smallest absolute Gasteiger partial charge is 0.258 e. The maximum atomic E-state index is 12.9. The highest BCUT2D eigenvalue weighted by molar-refractivity contribution is 5.94. The average Bonchev–Trinajstić information content (AvgIpc) is 2.61. The van der Waals surface area contributed by atoms with Crippen molar-refractivity contribution in [3.8, 4) is 0 Å². The number of aromatic amines is 1. The molecule has 1 amide bonds. The lowest BCUT2D eigenvalue weighted by atomic mass is 9.84. The first-order valence-electron chi connectivity index (χ1n) is 9.29. The topological polar surface area (TPSA) is 78.1 Å². The first kappa shape index (κ1) is 16.8. The summed E-state index contributed by atoms with van der Waals surface area (Å²) in [5.41, 5.74) is 3.69. The molecular weight excluding hydrogens is 328 g/mol. The molecule has 0 aliphatic carbocycles. The summed E-state index contributed by atoms with van der Waals surface area (Å²) in [5, 5.41) is 2.81. The number of nitrogens with zero attached hydrogens (tertiary/aromatic N) is 2. The predicted molar refractivity (Wildman–Crippen MR) is 102 cm³/mol. The van der Waals surface area contributed by atoms with E-state index in [4.69, 9.17) is 0 Å². The number of benzene rings is 1. The van der Waals surface area contributed by atoms with E-state index in [2.05, 4.69) is 26.3 Å². The summed E-state index contributed by atoms with van der Waals surface area (Å²) in [5.74, 6) is 0.627. The van der Waals surface area contributed by atoms with E-state index >= 15 is 0 Å². The lowest BCUT2D eigenvalue weighted by molar-refractivity contribution is -0.116. The van der Waals surface area contributed by atoms with Gasteiger partial charge in [0.25, 0.3) is 5.56 Å². The van der Waals surface area contributed by atoms with E-state index in [0.29, 0.717) is 17.3 Å². The molecule has 1 saturated heterocycles. The Morgan fingerprint density at radius 2 is 1.88 bits per heavy atom. The lowest BCUT2D eigenvalue weighted by Crippen LogP contribution is -2.36. The number of rotatable bonds is 2. The predicted octanol–water partition coefficient (Wildman–Crippen LogP) is 2.85. The Balaban J connectivity index is 1.80. The zero-order valence-corrected chi connectivity index (χ0v) is 15.3. The Morgan fingerprint density at radius 1 is 1.12 bits per heavy atom. The van der Waals surface area contributed by atoms with Gasteiger partial charge in [-0.15, -0.1) is 0 Å². The number of H-pyrrole nitrogens is 1. The first-order chi connectivity index (χ1) is 12.5. The fourth-order valence-electron chi connectivity index (χ4n) is 4.10. The van der Waals surface area contributed by atoms with Gasteiger partial charge in [0.15, 0.2) is 0 Å². The normalized spacial score (nSPS) is 19.8. The van der Waals surface area contributed by atoms with Crippen LogP contribution in [0.4, 0.5) is 11.8 Å². The van der Waals surface area contributed by atoms with Crippen LogP contribution in [0.3, 0.4) is 0 Å². The number of anilines is 2. The number of aromatic nitrogens is 2. The molecule has 2 aromatic rings. The van der Waals surface area contributed by atoms with Crippen LogP contribution in [0.5, 0.6) is 0 Å². The molecule has 6 heteroatoms. The molecular formula is C20H24N4O2. The van der Waals surface area contributed by atoms with Crippen LogP contribution in [0.1, 0.15) is 53.9 Å². The highest BCUT2D eigenvalue weighted by Gasteiger charge is 2.32. The number of aryl methyl sites for hydroxylation is 2. The van der Waals surface area contributed by atoms with Crippen LogP contribution in [-0.2, 0) is 4.79 Å². The maximum Gasteiger partial charge on any atom is 0.258 e. The number of piperidine rings is 1. The summed E-state index contributed by atoms with van der Waals surface area (Å²) in [6, 6.07) is 6.14. The zero-order chi connectivity index (χ0) is 18.3. The van der Waals surface area contributed by atoms with E-state index < -0.39 is 0 Å². The van der Waals surface area contributed by atoms with E-state index in [1.807, 2.05) is 26.0 Å². The molecule has 0 spiro atoms. The highest BCUT2D eigenvalue weighted by Crippen LogP contribution is 2.36. The molecule has 26 heavy (non-hydrogen) atoms. The lowest BCUT2D eigenvalue weighted by Gasteiger charge is -2.30. The summed E-state index contributed by atoms with van der Waals surface area (Å²) in [7, 11) is 0. The molecule has 1 aromatic carbocycles. The van der Waals surface area contributed by atoms with Crippen LogP contribution in [0, 0.1) is 13.8 Å². The van der Waals surface area contributed by atoms with Crippen LogP contribution < -0.4 is 15.8 Å². The van der Waals surface area contributed by atoms with E-state index in [0.717, 1.165) is 37.1 Å². The van der Waals surface area contributed by atoms with Crippen LogP contribution in [0.15, 0.2) is 23.0 Å². The minimum absolute atomic E-state index is 0.0924. The van der Waals surface area contributed by atoms with Crippen molar-refractivity contribution in [2.24, 2.45) is 0 Å². The molecule has 0 radical (unpaired) electrons. The van der Waals surface area contributed by atoms with Gasteiger partial charge in [-0.25, -0.2) is 0 Å². The van der Waals surface area contributed by atoms with Gasteiger partial charge in [-0.2, -0.15) is 4.98 Å². The molecule has 2 aliphatic heterocycles. The van der Waals surface area contributed by atoms with E-state index in [9.17, 15) is 9.59 Å². The van der Waals surface area contributed by atoms with Crippen LogP contribution in [-0.4, -0.2) is 29.0 Å². The van der Waals surface area contributed by atoms with Crippen molar-refractivity contribution >= 4 is 17.7 Å². The van der Waals surface area contributed by atoms with E-state index in [-0.39, 0.29) is 23.8 Å². The molecule has 2 N–H and O–H groups in total. The second-order valence-electron chi connectivity index (χ2n) is 7.36. The Hall–Kier alpha value is -2.63.